The van der Waals surface area contributed by atoms with E-state index in [-0.39, 0.29) is 5.97 Å². The van der Waals surface area contributed by atoms with E-state index in [1.807, 2.05) is 0 Å². The van der Waals surface area contributed by atoms with E-state index in [1.54, 1.807) is 13.0 Å². The van der Waals surface area contributed by atoms with Crippen molar-refractivity contribution in [1.82, 2.24) is 0 Å². The van der Waals surface area contributed by atoms with E-state index < -0.39 is 0 Å². The van der Waals surface area contributed by atoms with Crippen LogP contribution in [0.1, 0.15) is 39.5 Å². The first kappa shape index (κ1) is 14.2. The molecule has 3 nitrogen and oxygen atoms in total. The quantitative estimate of drug-likeness (QED) is 0.336. The molecule has 0 aromatic rings. The molecule has 0 saturated carbocycles. The highest BCUT2D eigenvalue weighted by atomic mass is 16.5. The van der Waals surface area contributed by atoms with Crippen molar-refractivity contribution in [3.63, 3.8) is 0 Å². The molecule has 0 atom stereocenters. The van der Waals surface area contributed by atoms with Crippen LogP contribution in [0.3, 0.4) is 0 Å². The second kappa shape index (κ2) is 11.2. The summed E-state index contributed by atoms with van der Waals surface area (Å²) in [7, 11) is 0. The number of hydrogen-bond donors (Lipinski definition) is 0. The van der Waals surface area contributed by atoms with Crippen molar-refractivity contribution in [1.29, 1.82) is 0 Å². The molecule has 0 fully saturated rings. The molecule has 88 valence electrons. The van der Waals surface area contributed by atoms with Crippen molar-refractivity contribution >= 4 is 5.97 Å². The zero-order valence-electron chi connectivity index (χ0n) is 9.83. The van der Waals surface area contributed by atoms with Crippen LogP contribution in [0.15, 0.2) is 12.2 Å². The largest absolute Gasteiger partial charge is 0.463 e. The zero-order chi connectivity index (χ0) is 11.4. The van der Waals surface area contributed by atoms with Crippen molar-refractivity contribution in [3.05, 3.63) is 12.2 Å². The number of rotatable bonds is 9. The van der Waals surface area contributed by atoms with Crippen molar-refractivity contribution in [2.24, 2.45) is 0 Å². The van der Waals surface area contributed by atoms with Gasteiger partial charge in [-0.3, -0.25) is 0 Å². The van der Waals surface area contributed by atoms with Gasteiger partial charge in [0.15, 0.2) is 0 Å². The van der Waals surface area contributed by atoms with Gasteiger partial charge in [-0.1, -0.05) is 32.3 Å². The minimum Gasteiger partial charge on any atom is -0.463 e. The van der Waals surface area contributed by atoms with Crippen molar-refractivity contribution in [2.75, 3.05) is 19.8 Å². The molecule has 0 saturated heterocycles. The highest BCUT2D eigenvalue weighted by molar-refractivity contribution is 5.81. The van der Waals surface area contributed by atoms with Gasteiger partial charge in [0, 0.05) is 12.7 Å². The number of carbonyl (C=O) groups excluding carboxylic acids is 1. The minimum atomic E-state index is -0.299. The Morgan fingerprint density at radius 2 is 2.00 bits per heavy atom. The van der Waals surface area contributed by atoms with Crippen molar-refractivity contribution in [3.8, 4) is 0 Å². The van der Waals surface area contributed by atoms with Gasteiger partial charge in [-0.15, -0.1) is 0 Å². The first-order valence-electron chi connectivity index (χ1n) is 5.72. The average molecular weight is 214 g/mol. The van der Waals surface area contributed by atoms with E-state index in [2.05, 4.69) is 6.92 Å². The molecule has 3 heteroatoms. The predicted molar refractivity (Wildman–Crippen MR) is 60.7 cm³/mol. The lowest BCUT2D eigenvalue weighted by molar-refractivity contribution is -0.137. The third kappa shape index (κ3) is 11.1. The maximum absolute atomic E-state index is 10.9. The highest BCUT2D eigenvalue weighted by Gasteiger charge is 1.92. The molecule has 0 bridgehead atoms. The first-order valence-corrected chi connectivity index (χ1v) is 5.72. The van der Waals surface area contributed by atoms with Crippen LogP contribution in [0.2, 0.25) is 0 Å². The lowest BCUT2D eigenvalue weighted by Gasteiger charge is -2.00. The van der Waals surface area contributed by atoms with Gasteiger partial charge in [0.05, 0.1) is 13.2 Å². The Morgan fingerprint density at radius 3 is 2.67 bits per heavy atom. The normalized spacial score (nSPS) is 10.8. The van der Waals surface area contributed by atoms with Gasteiger partial charge in [0.25, 0.3) is 0 Å². The van der Waals surface area contributed by atoms with Gasteiger partial charge in [-0.05, 0) is 13.3 Å². The van der Waals surface area contributed by atoms with Crippen LogP contribution in [0.25, 0.3) is 0 Å². The van der Waals surface area contributed by atoms with Crippen LogP contribution in [0.4, 0.5) is 0 Å². The molecule has 0 aromatic carbocycles. The molecule has 0 heterocycles. The van der Waals surface area contributed by atoms with Crippen LogP contribution < -0.4 is 0 Å². The third-order valence-corrected chi connectivity index (χ3v) is 1.90. The SMILES string of the molecule is CCCCCCOC/C=C/C(=O)OCC. The van der Waals surface area contributed by atoms with Crippen LogP contribution in [-0.2, 0) is 14.3 Å². The Labute approximate surface area is 92.5 Å². The summed E-state index contributed by atoms with van der Waals surface area (Å²) >= 11 is 0. The highest BCUT2D eigenvalue weighted by Crippen LogP contribution is 1.98. The minimum absolute atomic E-state index is 0.299. The zero-order valence-corrected chi connectivity index (χ0v) is 9.83. The fraction of sp³-hybridized carbons (Fsp3) is 0.750. The van der Waals surface area contributed by atoms with Gasteiger partial charge in [0.2, 0.25) is 0 Å². The summed E-state index contributed by atoms with van der Waals surface area (Å²) in [5, 5.41) is 0. The first-order chi connectivity index (χ1) is 7.31. The summed E-state index contributed by atoms with van der Waals surface area (Å²) in [6.07, 6.45) is 7.93. The Bertz CT molecular complexity index is 176. The second-order valence-corrected chi connectivity index (χ2v) is 3.29. The van der Waals surface area contributed by atoms with E-state index in [0.29, 0.717) is 13.2 Å². The molecule has 0 unspecified atom stereocenters. The predicted octanol–water partition coefficient (Wildman–Crippen LogP) is 2.70. The van der Waals surface area contributed by atoms with E-state index >= 15 is 0 Å². The molecule has 0 spiro atoms. The lowest BCUT2D eigenvalue weighted by Crippen LogP contribution is -2.00. The van der Waals surface area contributed by atoms with Gasteiger partial charge in [-0.2, -0.15) is 0 Å². The average Bonchev–Trinajstić information content (AvgIpc) is 2.22. The molecule has 0 aliphatic carbocycles. The summed E-state index contributed by atoms with van der Waals surface area (Å²) < 4.78 is 10.0. The van der Waals surface area contributed by atoms with E-state index in [0.717, 1.165) is 13.0 Å². The second-order valence-electron chi connectivity index (χ2n) is 3.29. The van der Waals surface area contributed by atoms with Crippen LogP contribution in [0, 0.1) is 0 Å². The van der Waals surface area contributed by atoms with Gasteiger partial charge in [-0.25, -0.2) is 4.79 Å². The number of esters is 1. The maximum atomic E-state index is 10.9. The number of carbonyl (C=O) groups is 1. The number of hydrogen-bond acceptors (Lipinski definition) is 3. The van der Waals surface area contributed by atoms with E-state index in [4.69, 9.17) is 9.47 Å². The van der Waals surface area contributed by atoms with Gasteiger partial charge < -0.3 is 9.47 Å². The summed E-state index contributed by atoms with van der Waals surface area (Å²) in [5.74, 6) is -0.299. The Hall–Kier alpha value is -0.830. The smallest absolute Gasteiger partial charge is 0.330 e. The van der Waals surface area contributed by atoms with Crippen LogP contribution in [0.5, 0.6) is 0 Å². The van der Waals surface area contributed by atoms with Crippen LogP contribution >= 0.6 is 0 Å². The summed E-state index contributed by atoms with van der Waals surface area (Å²) in [4.78, 5) is 10.9. The Morgan fingerprint density at radius 1 is 1.20 bits per heavy atom. The molecule has 15 heavy (non-hydrogen) atoms. The Kier molecular flexibility index (Phi) is 10.6. The van der Waals surface area contributed by atoms with Gasteiger partial charge in [0.1, 0.15) is 0 Å². The molecule has 0 aliphatic heterocycles. The fourth-order valence-electron chi connectivity index (χ4n) is 1.12. The molecule has 0 aromatic heterocycles. The summed E-state index contributed by atoms with van der Waals surface area (Å²) in [5.41, 5.74) is 0. The molecular formula is C12H22O3. The number of unbranched alkanes of at least 4 members (excludes halogenated alkanes) is 3. The molecule has 0 radical (unpaired) electrons. The monoisotopic (exact) mass is 214 g/mol. The van der Waals surface area contributed by atoms with Crippen molar-refractivity contribution in [2.45, 2.75) is 39.5 Å². The molecule has 0 amide bonds. The van der Waals surface area contributed by atoms with E-state index in [1.165, 1.54) is 25.3 Å². The topological polar surface area (TPSA) is 35.5 Å². The fourth-order valence-corrected chi connectivity index (χ4v) is 1.12. The number of ether oxygens (including phenoxy) is 2. The van der Waals surface area contributed by atoms with Crippen LogP contribution in [-0.4, -0.2) is 25.8 Å². The Balaban J connectivity index is 3.19. The maximum Gasteiger partial charge on any atom is 0.330 e. The summed E-state index contributed by atoms with van der Waals surface area (Å²) in [6, 6.07) is 0. The summed E-state index contributed by atoms with van der Waals surface area (Å²) in [6.45, 7) is 5.65. The molecule has 0 N–H and O–H groups in total. The van der Waals surface area contributed by atoms with Crippen molar-refractivity contribution < 1.29 is 14.3 Å². The molecule has 0 rings (SSSR count). The van der Waals surface area contributed by atoms with E-state index in [9.17, 15) is 4.79 Å². The standard InChI is InChI=1S/C12H22O3/c1-3-5-6-7-10-14-11-8-9-12(13)15-4-2/h8-9H,3-7,10-11H2,1-2H3/b9-8+. The lowest BCUT2D eigenvalue weighted by atomic mass is 10.2. The molecule has 0 aliphatic rings. The third-order valence-electron chi connectivity index (χ3n) is 1.90. The van der Waals surface area contributed by atoms with Gasteiger partial charge >= 0.3 is 5.97 Å². The molecular weight excluding hydrogens is 192 g/mol.